The van der Waals surface area contributed by atoms with Gasteiger partial charge in [-0.1, -0.05) is 18.0 Å². The van der Waals surface area contributed by atoms with E-state index in [9.17, 15) is 4.79 Å². The van der Waals surface area contributed by atoms with E-state index >= 15 is 0 Å². The number of carbonyl (C=O) groups is 1. The Kier molecular flexibility index (Phi) is 2.25. The molecule has 0 radical (unpaired) electrons. The van der Waals surface area contributed by atoms with Crippen molar-refractivity contribution in [2.45, 2.75) is 25.7 Å². The molecule has 2 atom stereocenters. The van der Waals surface area contributed by atoms with Crippen LogP contribution in [-0.2, 0) is 6.42 Å². The summed E-state index contributed by atoms with van der Waals surface area (Å²) in [5.41, 5.74) is 1.83. The van der Waals surface area contributed by atoms with Gasteiger partial charge in [-0.3, -0.25) is 4.79 Å². The van der Waals surface area contributed by atoms with Crippen molar-refractivity contribution >= 4 is 17.4 Å². The van der Waals surface area contributed by atoms with E-state index in [0.29, 0.717) is 23.5 Å². The maximum Gasteiger partial charge on any atom is 0.170 e. The number of carbonyl (C=O) groups excluding carboxylic acids is 1. The van der Waals surface area contributed by atoms with Gasteiger partial charge in [-0.2, -0.15) is 0 Å². The molecule has 0 bridgehead atoms. The highest BCUT2D eigenvalue weighted by Gasteiger charge is 2.56. The van der Waals surface area contributed by atoms with Crippen LogP contribution in [0, 0.1) is 17.8 Å². The Morgan fingerprint density at radius 2 is 2.06 bits per heavy atom. The summed E-state index contributed by atoms with van der Waals surface area (Å²) in [6.07, 6.45) is 4.62. The zero-order valence-corrected chi connectivity index (χ0v) is 10.9. The highest BCUT2D eigenvalue weighted by Crippen LogP contribution is 2.59. The zero-order valence-electron chi connectivity index (χ0n) is 10.1. The monoisotopic (exact) mass is 262 g/mol. The molecule has 2 aliphatic carbocycles. The number of Topliss-reactive ketones (excluding diaryl/α,β-unsaturated/α-hetero) is 1. The van der Waals surface area contributed by atoms with E-state index in [2.05, 4.69) is 0 Å². The van der Waals surface area contributed by atoms with E-state index in [4.69, 9.17) is 16.3 Å². The third-order valence-electron chi connectivity index (χ3n) is 4.72. The van der Waals surface area contributed by atoms with Gasteiger partial charge in [-0.15, -0.1) is 0 Å². The molecule has 2 fully saturated rings. The molecule has 2 unspecified atom stereocenters. The van der Waals surface area contributed by atoms with E-state index in [-0.39, 0.29) is 11.7 Å². The first kappa shape index (κ1) is 10.9. The summed E-state index contributed by atoms with van der Waals surface area (Å²) < 4.78 is 5.63. The van der Waals surface area contributed by atoms with Gasteiger partial charge in [0.2, 0.25) is 0 Å². The first-order chi connectivity index (χ1) is 8.75. The molecule has 0 N–H and O–H groups in total. The predicted molar refractivity (Wildman–Crippen MR) is 69.3 cm³/mol. The van der Waals surface area contributed by atoms with Gasteiger partial charge < -0.3 is 4.74 Å². The Morgan fingerprint density at radius 3 is 2.83 bits per heavy atom. The van der Waals surface area contributed by atoms with E-state index < -0.39 is 0 Å². The summed E-state index contributed by atoms with van der Waals surface area (Å²) in [6, 6.07) is 3.72. The predicted octanol–water partition coefficient (Wildman–Crippen LogP) is 3.50. The quantitative estimate of drug-likeness (QED) is 0.763. The molecular weight excluding hydrogens is 248 g/mol. The molecule has 18 heavy (non-hydrogen) atoms. The number of halogens is 1. The van der Waals surface area contributed by atoms with Gasteiger partial charge in [0.25, 0.3) is 0 Å². The SMILES string of the molecule is O=C(c1cc(Cl)cc2c1OCC2)C1C2CCCC21. The fourth-order valence-corrected chi connectivity index (χ4v) is 4.08. The van der Waals surface area contributed by atoms with E-state index in [1.807, 2.05) is 6.07 Å². The molecule has 0 spiro atoms. The maximum atomic E-state index is 12.6. The van der Waals surface area contributed by atoms with Crippen LogP contribution in [0.5, 0.6) is 5.75 Å². The van der Waals surface area contributed by atoms with Crippen molar-refractivity contribution in [1.82, 2.24) is 0 Å². The molecular formula is C15H15ClO2. The summed E-state index contributed by atoms with van der Waals surface area (Å²) in [6.45, 7) is 0.674. The third kappa shape index (κ3) is 1.45. The average molecular weight is 263 g/mol. The maximum absolute atomic E-state index is 12.6. The Labute approximate surface area is 111 Å². The Bertz CT molecular complexity index is 528. The van der Waals surface area contributed by atoms with Crippen LogP contribution in [0.4, 0.5) is 0 Å². The molecule has 1 aliphatic heterocycles. The Hall–Kier alpha value is -1.02. The lowest BCUT2D eigenvalue weighted by molar-refractivity contribution is 0.0948. The lowest BCUT2D eigenvalue weighted by Crippen LogP contribution is -2.08. The molecule has 1 aromatic carbocycles. The van der Waals surface area contributed by atoms with Crippen molar-refractivity contribution in [1.29, 1.82) is 0 Å². The number of ether oxygens (including phenoxy) is 1. The van der Waals surface area contributed by atoms with Crippen molar-refractivity contribution in [3.05, 3.63) is 28.3 Å². The minimum atomic E-state index is 0.255. The van der Waals surface area contributed by atoms with Crippen LogP contribution in [0.2, 0.25) is 5.02 Å². The number of rotatable bonds is 2. The lowest BCUT2D eigenvalue weighted by atomic mass is 9.98. The van der Waals surface area contributed by atoms with Crippen LogP contribution < -0.4 is 4.74 Å². The topological polar surface area (TPSA) is 26.3 Å². The molecule has 4 rings (SSSR count). The number of benzene rings is 1. The second kappa shape index (κ2) is 3.74. The fraction of sp³-hybridized carbons (Fsp3) is 0.533. The van der Waals surface area contributed by atoms with Gasteiger partial charge in [-0.25, -0.2) is 0 Å². The number of ketones is 1. The van der Waals surface area contributed by atoms with Gasteiger partial charge in [0.1, 0.15) is 5.75 Å². The second-order valence-electron chi connectivity index (χ2n) is 5.69. The van der Waals surface area contributed by atoms with E-state index in [0.717, 1.165) is 23.3 Å². The Morgan fingerprint density at radius 1 is 1.28 bits per heavy atom. The molecule has 3 heteroatoms. The van der Waals surface area contributed by atoms with Crippen LogP contribution in [0.15, 0.2) is 12.1 Å². The van der Waals surface area contributed by atoms with Gasteiger partial charge in [0.05, 0.1) is 12.2 Å². The van der Waals surface area contributed by atoms with Crippen molar-refractivity contribution in [3.8, 4) is 5.75 Å². The van der Waals surface area contributed by atoms with E-state index in [1.165, 1.54) is 19.3 Å². The van der Waals surface area contributed by atoms with Crippen LogP contribution in [-0.4, -0.2) is 12.4 Å². The smallest absolute Gasteiger partial charge is 0.170 e. The minimum Gasteiger partial charge on any atom is -0.492 e. The van der Waals surface area contributed by atoms with Crippen LogP contribution in [0.3, 0.4) is 0 Å². The van der Waals surface area contributed by atoms with Crippen LogP contribution in [0.25, 0.3) is 0 Å². The highest BCUT2D eigenvalue weighted by molar-refractivity contribution is 6.31. The summed E-state index contributed by atoms with van der Waals surface area (Å²) >= 11 is 6.11. The largest absolute Gasteiger partial charge is 0.492 e. The normalized spacial score (nSPS) is 31.7. The number of hydrogen-bond donors (Lipinski definition) is 0. The van der Waals surface area contributed by atoms with Crippen LogP contribution >= 0.6 is 11.6 Å². The molecule has 2 nitrogen and oxygen atoms in total. The van der Waals surface area contributed by atoms with Crippen molar-refractivity contribution in [2.75, 3.05) is 6.61 Å². The molecule has 1 heterocycles. The second-order valence-corrected chi connectivity index (χ2v) is 6.13. The summed E-state index contributed by atoms with van der Waals surface area (Å²) in [5.74, 6) is 2.62. The van der Waals surface area contributed by atoms with Gasteiger partial charge >= 0.3 is 0 Å². The lowest BCUT2D eigenvalue weighted by Gasteiger charge is -2.09. The van der Waals surface area contributed by atoms with Crippen molar-refractivity contribution < 1.29 is 9.53 Å². The fourth-order valence-electron chi connectivity index (χ4n) is 3.84. The first-order valence-corrected chi connectivity index (χ1v) is 7.13. The number of hydrogen-bond acceptors (Lipinski definition) is 2. The first-order valence-electron chi connectivity index (χ1n) is 6.75. The van der Waals surface area contributed by atoms with E-state index in [1.54, 1.807) is 6.07 Å². The third-order valence-corrected chi connectivity index (χ3v) is 4.94. The summed E-state index contributed by atoms with van der Waals surface area (Å²) in [4.78, 5) is 12.6. The zero-order chi connectivity index (χ0) is 12.3. The van der Waals surface area contributed by atoms with Crippen molar-refractivity contribution in [2.24, 2.45) is 17.8 Å². The molecule has 1 aromatic rings. The summed E-state index contributed by atoms with van der Waals surface area (Å²) in [7, 11) is 0. The molecule has 0 saturated heterocycles. The van der Waals surface area contributed by atoms with Crippen LogP contribution in [0.1, 0.15) is 35.2 Å². The van der Waals surface area contributed by atoms with Gasteiger partial charge in [0.15, 0.2) is 5.78 Å². The average Bonchev–Trinajstić information content (AvgIpc) is 2.76. The molecule has 3 aliphatic rings. The number of fused-ring (bicyclic) bond motifs is 2. The van der Waals surface area contributed by atoms with Gasteiger partial charge in [0, 0.05) is 17.4 Å². The van der Waals surface area contributed by atoms with Gasteiger partial charge in [-0.05, 0) is 42.4 Å². The molecule has 0 aromatic heterocycles. The molecule has 94 valence electrons. The molecule has 0 amide bonds. The molecule has 2 saturated carbocycles. The summed E-state index contributed by atoms with van der Waals surface area (Å²) in [5, 5.41) is 0.661. The van der Waals surface area contributed by atoms with Crippen molar-refractivity contribution in [3.63, 3.8) is 0 Å². The standard InChI is InChI=1S/C15H15ClO2/c16-9-6-8-4-5-18-15(8)12(7-9)14(17)13-10-2-1-3-11(10)13/h6-7,10-11,13H,1-5H2. The Balaban J connectivity index is 1.71. The minimum absolute atomic E-state index is 0.255. The highest BCUT2D eigenvalue weighted by atomic mass is 35.5.